The molecule has 0 aromatic heterocycles. The molecule has 3 aliphatic heterocycles. The maximum atomic E-state index is 11.7. The van der Waals surface area contributed by atoms with Gasteiger partial charge in [0.05, 0.1) is 5.41 Å². The van der Waals surface area contributed by atoms with Crippen molar-refractivity contribution < 1.29 is 14.6 Å². The Balaban J connectivity index is 1.62. The predicted molar refractivity (Wildman–Crippen MR) is 75.8 cm³/mol. The van der Waals surface area contributed by atoms with E-state index >= 15 is 0 Å². The predicted octanol–water partition coefficient (Wildman–Crippen LogP) is 1.04. The fraction of sp³-hybridized carbons (Fsp3) is 0.933. The van der Waals surface area contributed by atoms with Crippen LogP contribution in [0.2, 0.25) is 0 Å². The Kier molecular flexibility index (Phi) is 4.29. The molecule has 5 heteroatoms. The number of nitrogens with zero attached hydrogens (tertiary/aromatic N) is 2. The average molecular weight is 282 g/mol. The van der Waals surface area contributed by atoms with E-state index in [-0.39, 0.29) is 0 Å². The van der Waals surface area contributed by atoms with Gasteiger partial charge in [0.2, 0.25) is 0 Å². The lowest BCUT2D eigenvalue weighted by Gasteiger charge is -2.46. The summed E-state index contributed by atoms with van der Waals surface area (Å²) < 4.78 is 5.36. The fourth-order valence-corrected chi connectivity index (χ4v) is 3.99. The summed E-state index contributed by atoms with van der Waals surface area (Å²) in [5.41, 5.74) is -0.574. The van der Waals surface area contributed by atoms with E-state index in [0.717, 1.165) is 19.6 Å². The van der Waals surface area contributed by atoms with Gasteiger partial charge < -0.3 is 9.84 Å². The average Bonchev–Trinajstić information content (AvgIpc) is 2.48. The maximum absolute atomic E-state index is 11.7. The van der Waals surface area contributed by atoms with Crippen LogP contribution < -0.4 is 0 Å². The van der Waals surface area contributed by atoms with Crippen LogP contribution >= 0.6 is 0 Å². The van der Waals surface area contributed by atoms with Crippen molar-refractivity contribution in [2.45, 2.75) is 38.1 Å². The molecule has 1 atom stereocenters. The summed E-state index contributed by atoms with van der Waals surface area (Å²) in [5.74, 6) is -0.633. The van der Waals surface area contributed by atoms with Crippen molar-refractivity contribution in [3.63, 3.8) is 0 Å². The normalized spacial score (nSPS) is 31.7. The van der Waals surface area contributed by atoms with Gasteiger partial charge in [0.1, 0.15) is 0 Å². The molecule has 0 radical (unpaired) electrons. The standard InChI is InChI=1S/C15H26N2O3/c18-14(19)15(4-9-20-10-5-15)12-16-7-8-17-6-2-1-3-13(17)11-16/h13H,1-12H2,(H,18,19). The number of ether oxygens (including phenoxy) is 1. The molecular formula is C15H26N2O3. The molecule has 0 aromatic rings. The lowest BCUT2D eigenvalue weighted by molar-refractivity contribution is -0.157. The lowest BCUT2D eigenvalue weighted by Crippen LogP contribution is -2.58. The van der Waals surface area contributed by atoms with Crippen molar-refractivity contribution in [1.82, 2.24) is 9.80 Å². The van der Waals surface area contributed by atoms with Gasteiger partial charge in [-0.05, 0) is 32.2 Å². The number of carboxylic acid groups (broad SMARTS) is 1. The van der Waals surface area contributed by atoms with Gasteiger partial charge >= 0.3 is 5.97 Å². The third-order valence-electron chi connectivity index (χ3n) is 5.35. The Bertz CT molecular complexity index is 355. The van der Waals surface area contributed by atoms with Crippen LogP contribution in [-0.4, -0.2) is 72.9 Å². The third kappa shape index (κ3) is 2.85. The quantitative estimate of drug-likeness (QED) is 0.838. The number of carbonyl (C=O) groups is 1. The molecule has 0 aliphatic carbocycles. The number of rotatable bonds is 3. The van der Waals surface area contributed by atoms with E-state index in [1.165, 1.54) is 25.8 Å². The van der Waals surface area contributed by atoms with Crippen LogP contribution in [0.5, 0.6) is 0 Å². The van der Waals surface area contributed by atoms with E-state index in [9.17, 15) is 9.90 Å². The van der Waals surface area contributed by atoms with Gasteiger partial charge in [-0.2, -0.15) is 0 Å². The van der Waals surface area contributed by atoms with Gasteiger partial charge in [-0.25, -0.2) is 0 Å². The number of hydrogen-bond donors (Lipinski definition) is 1. The van der Waals surface area contributed by atoms with E-state index in [2.05, 4.69) is 9.80 Å². The highest BCUT2D eigenvalue weighted by molar-refractivity contribution is 5.75. The van der Waals surface area contributed by atoms with Crippen LogP contribution in [0.1, 0.15) is 32.1 Å². The largest absolute Gasteiger partial charge is 0.481 e. The Morgan fingerprint density at radius 3 is 2.75 bits per heavy atom. The Morgan fingerprint density at radius 2 is 2.00 bits per heavy atom. The third-order valence-corrected chi connectivity index (χ3v) is 5.35. The van der Waals surface area contributed by atoms with Gasteiger partial charge in [-0.1, -0.05) is 6.42 Å². The summed E-state index contributed by atoms with van der Waals surface area (Å²) in [6, 6.07) is 0.656. The number of piperidine rings is 1. The molecule has 114 valence electrons. The monoisotopic (exact) mass is 282 g/mol. The lowest BCUT2D eigenvalue weighted by atomic mass is 9.79. The highest BCUT2D eigenvalue weighted by Crippen LogP contribution is 2.33. The van der Waals surface area contributed by atoms with Crippen molar-refractivity contribution >= 4 is 5.97 Å². The topological polar surface area (TPSA) is 53.0 Å². The first kappa shape index (κ1) is 14.3. The zero-order chi connectivity index (χ0) is 14.0. The molecule has 0 bridgehead atoms. The van der Waals surface area contributed by atoms with Crippen molar-refractivity contribution in [2.24, 2.45) is 5.41 Å². The molecule has 1 N–H and O–H groups in total. The summed E-state index contributed by atoms with van der Waals surface area (Å²) in [7, 11) is 0. The maximum Gasteiger partial charge on any atom is 0.311 e. The molecule has 3 rings (SSSR count). The Morgan fingerprint density at radius 1 is 1.20 bits per heavy atom. The van der Waals surface area contributed by atoms with E-state index < -0.39 is 11.4 Å². The van der Waals surface area contributed by atoms with Crippen LogP contribution in [0.25, 0.3) is 0 Å². The first-order valence-corrected chi connectivity index (χ1v) is 7.97. The minimum Gasteiger partial charge on any atom is -0.481 e. The Hall–Kier alpha value is -0.650. The second kappa shape index (κ2) is 6.00. The van der Waals surface area contributed by atoms with Gasteiger partial charge in [0.15, 0.2) is 0 Å². The SMILES string of the molecule is O=C(O)C1(CN2CCN3CCCCC3C2)CCOCC1. The van der Waals surface area contributed by atoms with E-state index in [4.69, 9.17) is 4.74 Å². The second-order valence-corrected chi connectivity index (χ2v) is 6.62. The molecule has 0 aromatic carbocycles. The van der Waals surface area contributed by atoms with Gasteiger partial charge in [0.25, 0.3) is 0 Å². The molecule has 0 amide bonds. The van der Waals surface area contributed by atoms with Crippen LogP contribution in [0.3, 0.4) is 0 Å². The second-order valence-electron chi connectivity index (χ2n) is 6.62. The van der Waals surface area contributed by atoms with E-state index in [1.807, 2.05) is 0 Å². The highest BCUT2D eigenvalue weighted by Gasteiger charge is 2.43. The van der Waals surface area contributed by atoms with E-state index in [0.29, 0.717) is 38.6 Å². The molecule has 0 saturated carbocycles. The zero-order valence-electron chi connectivity index (χ0n) is 12.2. The summed E-state index contributed by atoms with van der Waals surface area (Å²) in [5, 5.41) is 9.66. The molecule has 3 aliphatic rings. The molecule has 1 unspecified atom stereocenters. The fourth-order valence-electron chi connectivity index (χ4n) is 3.99. The molecule has 5 nitrogen and oxygen atoms in total. The number of carboxylic acids is 1. The molecular weight excluding hydrogens is 256 g/mol. The minimum atomic E-state index is -0.633. The van der Waals surface area contributed by atoms with Crippen molar-refractivity contribution in [3.05, 3.63) is 0 Å². The molecule has 3 fully saturated rings. The molecule has 20 heavy (non-hydrogen) atoms. The van der Waals surface area contributed by atoms with Gasteiger partial charge in [0, 0.05) is 45.4 Å². The first-order chi connectivity index (χ1) is 9.70. The van der Waals surface area contributed by atoms with Crippen molar-refractivity contribution in [3.8, 4) is 0 Å². The number of piperazine rings is 1. The number of aliphatic carboxylic acids is 1. The van der Waals surface area contributed by atoms with Gasteiger partial charge in [-0.15, -0.1) is 0 Å². The summed E-state index contributed by atoms with van der Waals surface area (Å²) in [6.45, 7) is 6.30. The number of hydrogen-bond acceptors (Lipinski definition) is 4. The summed E-state index contributed by atoms with van der Waals surface area (Å²) in [4.78, 5) is 16.7. The van der Waals surface area contributed by atoms with Crippen LogP contribution in [0, 0.1) is 5.41 Å². The van der Waals surface area contributed by atoms with Crippen molar-refractivity contribution in [2.75, 3.05) is 45.9 Å². The number of fused-ring (bicyclic) bond motifs is 1. The highest BCUT2D eigenvalue weighted by atomic mass is 16.5. The smallest absolute Gasteiger partial charge is 0.311 e. The van der Waals surface area contributed by atoms with Gasteiger partial charge in [-0.3, -0.25) is 14.6 Å². The molecule has 3 heterocycles. The summed E-state index contributed by atoms with van der Waals surface area (Å²) >= 11 is 0. The molecule has 3 saturated heterocycles. The van der Waals surface area contributed by atoms with Crippen LogP contribution in [0.4, 0.5) is 0 Å². The molecule has 0 spiro atoms. The van der Waals surface area contributed by atoms with E-state index in [1.54, 1.807) is 0 Å². The minimum absolute atomic E-state index is 0.574. The van der Waals surface area contributed by atoms with Crippen LogP contribution in [-0.2, 0) is 9.53 Å². The summed E-state index contributed by atoms with van der Waals surface area (Å²) in [6.07, 6.45) is 5.25. The Labute approximate surface area is 120 Å². The first-order valence-electron chi connectivity index (χ1n) is 7.97. The zero-order valence-corrected chi connectivity index (χ0v) is 12.2. The van der Waals surface area contributed by atoms with Crippen LogP contribution in [0.15, 0.2) is 0 Å². The van der Waals surface area contributed by atoms with Crippen molar-refractivity contribution in [1.29, 1.82) is 0 Å².